The highest BCUT2D eigenvalue weighted by Crippen LogP contribution is 2.41. The van der Waals surface area contributed by atoms with E-state index >= 15 is 0 Å². The molecule has 1 aromatic rings. The van der Waals surface area contributed by atoms with Crippen LogP contribution >= 0.6 is 0 Å². The zero-order valence-corrected chi connectivity index (χ0v) is 13.6. The Bertz CT molecular complexity index is 529. The number of nitrogens with zero attached hydrogens (tertiary/aromatic N) is 1. The molecule has 1 atom stereocenters. The first-order chi connectivity index (χ1) is 10.1. The quantitative estimate of drug-likeness (QED) is 0.694. The Hall–Kier alpha value is -1.95. The maximum atomic E-state index is 8.99. The van der Waals surface area contributed by atoms with E-state index in [0.717, 1.165) is 23.5 Å². The fraction of sp³-hybridized carbons (Fsp3) is 0.500. The van der Waals surface area contributed by atoms with Crippen molar-refractivity contribution in [3.8, 4) is 17.6 Å². The number of benzene rings is 1. The van der Waals surface area contributed by atoms with Crippen molar-refractivity contribution in [2.24, 2.45) is 5.92 Å². The monoisotopic (exact) mass is 287 g/mol. The van der Waals surface area contributed by atoms with Gasteiger partial charge in [-0.25, -0.2) is 0 Å². The third kappa shape index (κ3) is 3.58. The standard InChI is InChI=1S/C18H25NO2/c1-6-10-18(14(2)3,11-7-12-19)15-8-9-16(20-4)17(13-15)21-5/h6,8-10,13-14H,7,11H2,1-5H3/b10-6+/t18-/m1/s1. The molecule has 21 heavy (non-hydrogen) atoms. The fourth-order valence-electron chi connectivity index (χ4n) is 2.82. The third-order valence-corrected chi connectivity index (χ3v) is 4.07. The summed E-state index contributed by atoms with van der Waals surface area (Å²) in [6, 6.07) is 8.29. The number of hydrogen-bond acceptors (Lipinski definition) is 3. The van der Waals surface area contributed by atoms with E-state index in [2.05, 4.69) is 38.1 Å². The number of nitriles is 1. The number of hydrogen-bond donors (Lipinski definition) is 0. The maximum Gasteiger partial charge on any atom is 0.161 e. The molecule has 3 heteroatoms. The molecule has 0 heterocycles. The van der Waals surface area contributed by atoms with Gasteiger partial charge in [0.25, 0.3) is 0 Å². The van der Waals surface area contributed by atoms with E-state index in [9.17, 15) is 0 Å². The van der Waals surface area contributed by atoms with Crippen LogP contribution in [0.15, 0.2) is 30.4 Å². The van der Waals surface area contributed by atoms with Gasteiger partial charge in [-0.1, -0.05) is 32.1 Å². The van der Waals surface area contributed by atoms with E-state index in [4.69, 9.17) is 14.7 Å². The van der Waals surface area contributed by atoms with E-state index < -0.39 is 0 Å². The third-order valence-electron chi connectivity index (χ3n) is 4.07. The van der Waals surface area contributed by atoms with Crippen LogP contribution in [-0.4, -0.2) is 14.2 Å². The summed E-state index contributed by atoms with van der Waals surface area (Å²) in [7, 11) is 3.28. The first kappa shape index (κ1) is 17.1. The molecule has 0 aliphatic carbocycles. The van der Waals surface area contributed by atoms with Crippen molar-refractivity contribution in [2.45, 2.75) is 39.0 Å². The molecule has 0 aliphatic rings. The highest BCUT2D eigenvalue weighted by atomic mass is 16.5. The molecule has 0 saturated heterocycles. The number of ether oxygens (including phenoxy) is 2. The molecule has 0 radical (unpaired) electrons. The van der Waals surface area contributed by atoms with Crippen LogP contribution in [0.1, 0.15) is 39.2 Å². The molecule has 0 bridgehead atoms. The normalized spacial score (nSPS) is 14.0. The van der Waals surface area contributed by atoms with Crippen molar-refractivity contribution in [1.29, 1.82) is 5.26 Å². The van der Waals surface area contributed by atoms with E-state index in [1.54, 1.807) is 14.2 Å². The van der Waals surface area contributed by atoms with Crippen molar-refractivity contribution in [1.82, 2.24) is 0 Å². The van der Waals surface area contributed by atoms with Gasteiger partial charge in [0.05, 0.1) is 20.3 Å². The molecule has 0 saturated carbocycles. The van der Waals surface area contributed by atoms with Gasteiger partial charge in [-0.05, 0) is 37.0 Å². The van der Waals surface area contributed by atoms with Crippen LogP contribution < -0.4 is 9.47 Å². The molecular weight excluding hydrogens is 262 g/mol. The average Bonchev–Trinajstić information content (AvgIpc) is 2.50. The molecule has 0 aliphatic heterocycles. The largest absolute Gasteiger partial charge is 0.493 e. The van der Waals surface area contributed by atoms with Gasteiger partial charge in [0, 0.05) is 11.8 Å². The minimum Gasteiger partial charge on any atom is -0.493 e. The molecule has 0 fully saturated rings. The molecule has 1 aromatic carbocycles. The maximum absolute atomic E-state index is 8.99. The molecule has 0 aromatic heterocycles. The molecule has 0 unspecified atom stereocenters. The van der Waals surface area contributed by atoms with Crippen molar-refractivity contribution < 1.29 is 9.47 Å². The van der Waals surface area contributed by atoms with Crippen molar-refractivity contribution in [2.75, 3.05) is 14.2 Å². The van der Waals surface area contributed by atoms with Crippen molar-refractivity contribution in [3.63, 3.8) is 0 Å². The predicted octanol–water partition coefficient (Wildman–Crippen LogP) is 4.48. The lowest BCUT2D eigenvalue weighted by Gasteiger charge is -2.35. The lowest BCUT2D eigenvalue weighted by atomic mass is 9.68. The number of allylic oxidation sites excluding steroid dienone is 2. The van der Waals surface area contributed by atoms with Crippen LogP contribution in [0.4, 0.5) is 0 Å². The molecule has 0 amide bonds. The van der Waals surface area contributed by atoms with Gasteiger partial charge in [-0.3, -0.25) is 0 Å². The van der Waals surface area contributed by atoms with Gasteiger partial charge in [0.2, 0.25) is 0 Å². The molecule has 0 N–H and O–H groups in total. The summed E-state index contributed by atoms with van der Waals surface area (Å²) >= 11 is 0. The summed E-state index contributed by atoms with van der Waals surface area (Å²) in [5.41, 5.74) is 0.993. The summed E-state index contributed by atoms with van der Waals surface area (Å²) in [6.45, 7) is 6.40. The number of rotatable bonds is 7. The lowest BCUT2D eigenvalue weighted by molar-refractivity contribution is 0.342. The average molecular weight is 287 g/mol. The number of methoxy groups -OCH3 is 2. The van der Waals surface area contributed by atoms with Crippen LogP contribution in [-0.2, 0) is 5.41 Å². The van der Waals surface area contributed by atoms with Gasteiger partial charge >= 0.3 is 0 Å². The van der Waals surface area contributed by atoms with Crippen LogP contribution in [0.25, 0.3) is 0 Å². The molecule has 3 nitrogen and oxygen atoms in total. The van der Waals surface area contributed by atoms with Crippen LogP contribution in [0.3, 0.4) is 0 Å². The summed E-state index contributed by atoms with van der Waals surface area (Å²) in [5, 5.41) is 8.99. The van der Waals surface area contributed by atoms with E-state index in [1.165, 1.54) is 0 Å². The Morgan fingerprint density at radius 2 is 1.90 bits per heavy atom. The van der Waals surface area contributed by atoms with Crippen molar-refractivity contribution in [3.05, 3.63) is 35.9 Å². The van der Waals surface area contributed by atoms with Gasteiger partial charge in [0.15, 0.2) is 11.5 Å². The summed E-state index contributed by atoms with van der Waals surface area (Å²) in [5.74, 6) is 1.82. The van der Waals surface area contributed by atoms with Crippen molar-refractivity contribution >= 4 is 0 Å². The lowest BCUT2D eigenvalue weighted by Crippen LogP contribution is -2.30. The van der Waals surface area contributed by atoms with Crippen LogP contribution in [0.5, 0.6) is 11.5 Å². The second-order valence-corrected chi connectivity index (χ2v) is 5.42. The minimum atomic E-state index is -0.163. The second-order valence-electron chi connectivity index (χ2n) is 5.42. The first-order valence-electron chi connectivity index (χ1n) is 7.29. The summed E-state index contributed by atoms with van der Waals surface area (Å²) in [4.78, 5) is 0. The Labute approximate surface area is 128 Å². The Balaban J connectivity index is 3.41. The zero-order chi connectivity index (χ0) is 15.9. The summed E-state index contributed by atoms with van der Waals surface area (Å²) < 4.78 is 10.7. The van der Waals surface area contributed by atoms with E-state index in [-0.39, 0.29) is 5.41 Å². The highest BCUT2D eigenvalue weighted by molar-refractivity contribution is 5.47. The van der Waals surface area contributed by atoms with Gasteiger partial charge in [0.1, 0.15) is 0 Å². The van der Waals surface area contributed by atoms with Crippen LogP contribution in [0, 0.1) is 17.2 Å². The molecular formula is C18H25NO2. The van der Waals surface area contributed by atoms with E-state index in [0.29, 0.717) is 12.3 Å². The SMILES string of the molecule is C/C=C/[C@](CCC#N)(c1ccc(OC)c(OC)c1)C(C)C. The van der Waals surface area contributed by atoms with Gasteiger partial charge in [-0.15, -0.1) is 0 Å². The van der Waals surface area contributed by atoms with E-state index in [1.807, 2.05) is 19.1 Å². The molecule has 0 spiro atoms. The minimum absolute atomic E-state index is 0.163. The highest BCUT2D eigenvalue weighted by Gasteiger charge is 2.33. The fourth-order valence-corrected chi connectivity index (χ4v) is 2.82. The Kier molecular flexibility index (Phi) is 6.30. The predicted molar refractivity (Wildman–Crippen MR) is 85.7 cm³/mol. The van der Waals surface area contributed by atoms with Gasteiger partial charge < -0.3 is 9.47 Å². The Morgan fingerprint density at radius 1 is 1.24 bits per heavy atom. The van der Waals surface area contributed by atoms with Crippen LogP contribution in [0.2, 0.25) is 0 Å². The summed E-state index contributed by atoms with van der Waals surface area (Å²) in [6.07, 6.45) is 5.59. The smallest absolute Gasteiger partial charge is 0.161 e. The van der Waals surface area contributed by atoms with Gasteiger partial charge in [-0.2, -0.15) is 5.26 Å². The molecule has 114 valence electrons. The first-order valence-corrected chi connectivity index (χ1v) is 7.29. The topological polar surface area (TPSA) is 42.2 Å². The zero-order valence-electron chi connectivity index (χ0n) is 13.6. The molecule has 1 rings (SSSR count). The second kappa shape index (κ2) is 7.73. The Morgan fingerprint density at radius 3 is 2.38 bits per heavy atom.